The molecule has 2 N–H and O–H groups in total. The van der Waals surface area contributed by atoms with Gasteiger partial charge in [0.1, 0.15) is 16.4 Å². The van der Waals surface area contributed by atoms with Gasteiger partial charge in [-0.3, -0.25) is 9.59 Å². The van der Waals surface area contributed by atoms with E-state index in [-0.39, 0.29) is 18.4 Å². The molecule has 0 aliphatic carbocycles. The van der Waals surface area contributed by atoms with E-state index in [4.69, 9.17) is 4.74 Å². The molecule has 3 aromatic rings. The number of rotatable bonds is 3. The van der Waals surface area contributed by atoms with Crippen molar-refractivity contribution in [2.24, 2.45) is 0 Å². The zero-order valence-electron chi connectivity index (χ0n) is 15.2. The second-order valence-electron chi connectivity index (χ2n) is 6.32. The lowest BCUT2D eigenvalue weighted by molar-refractivity contribution is -0.118. The molecule has 0 saturated heterocycles. The van der Waals surface area contributed by atoms with E-state index in [9.17, 15) is 9.59 Å². The van der Waals surface area contributed by atoms with E-state index in [1.165, 1.54) is 11.3 Å². The van der Waals surface area contributed by atoms with Crippen LogP contribution >= 0.6 is 11.3 Å². The number of fused-ring (bicyclic) bond motifs is 2. The minimum Gasteiger partial charge on any atom is -0.482 e. The number of hydrogen-bond acceptors (Lipinski definition) is 6. The summed E-state index contributed by atoms with van der Waals surface area (Å²) in [7, 11) is 0. The van der Waals surface area contributed by atoms with Crippen molar-refractivity contribution >= 4 is 44.7 Å². The zero-order valence-corrected chi connectivity index (χ0v) is 16.0. The Hall–Kier alpha value is -3.00. The van der Waals surface area contributed by atoms with Gasteiger partial charge in [-0.1, -0.05) is 6.92 Å². The number of benzene rings is 1. The van der Waals surface area contributed by atoms with E-state index >= 15 is 0 Å². The quantitative estimate of drug-likeness (QED) is 0.724. The molecule has 138 valence electrons. The van der Waals surface area contributed by atoms with Crippen molar-refractivity contribution in [3.8, 4) is 5.75 Å². The summed E-state index contributed by atoms with van der Waals surface area (Å²) >= 11 is 1.37. The number of ether oxygens (including phenoxy) is 1. The molecule has 7 nitrogen and oxygen atoms in total. The van der Waals surface area contributed by atoms with Gasteiger partial charge in [-0.2, -0.15) is 0 Å². The summed E-state index contributed by atoms with van der Waals surface area (Å²) in [4.78, 5) is 34.8. The molecule has 1 aliphatic heterocycles. The van der Waals surface area contributed by atoms with Crippen molar-refractivity contribution < 1.29 is 14.3 Å². The van der Waals surface area contributed by atoms with Crippen molar-refractivity contribution in [1.82, 2.24) is 9.97 Å². The predicted molar refractivity (Wildman–Crippen MR) is 105 cm³/mol. The fourth-order valence-corrected chi connectivity index (χ4v) is 4.26. The molecule has 0 spiro atoms. The third-order valence-corrected chi connectivity index (χ3v) is 5.59. The van der Waals surface area contributed by atoms with Gasteiger partial charge in [0.05, 0.1) is 10.6 Å². The number of nitrogens with zero attached hydrogens (tertiary/aromatic N) is 2. The van der Waals surface area contributed by atoms with Gasteiger partial charge >= 0.3 is 0 Å². The van der Waals surface area contributed by atoms with E-state index in [2.05, 4.69) is 20.6 Å². The molecule has 4 rings (SSSR count). The Morgan fingerprint density at radius 2 is 2.15 bits per heavy atom. The molecule has 0 bridgehead atoms. The van der Waals surface area contributed by atoms with Crippen molar-refractivity contribution in [3.05, 3.63) is 40.2 Å². The van der Waals surface area contributed by atoms with Gasteiger partial charge < -0.3 is 15.4 Å². The summed E-state index contributed by atoms with van der Waals surface area (Å²) in [6.45, 7) is 5.86. The summed E-state index contributed by atoms with van der Waals surface area (Å²) in [5.74, 6) is 0.935. The monoisotopic (exact) mass is 382 g/mol. The molecular formula is C19H18N4O3S. The summed E-state index contributed by atoms with van der Waals surface area (Å²) in [6.07, 6.45) is 0.748. The molecule has 27 heavy (non-hydrogen) atoms. The first-order valence-electron chi connectivity index (χ1n) is 8.61. The van der Waals surface area contributed by atoms with E-state index in [1.54, 1.807) is 18.2 Å². The fourth-order valence-electron chi connectivity index (χ4n) is 3.12. The first kappa shape index (κ1) is 17.4. The van der Waals surface area contributed by atoms with Crippen LogP contribution in [0.3, 0.4) is 0 Å². The lowest BCUT2D eigenvalue weighted by Gasteiger charge is -2.18. The second-order valence-corrected chi connectivity index (χ2v) is 7.32. The highest BCUT2D eigenvalue weighted by Crippen LogP contribution is 2.33. The Morgan fingerprint density at radius 1 is 1.33 bits per heavy atom. The molecular weight excluding hydrogens is 364 g/mol. The second kappa shape index (κ2) is 6.62. The number of nitrogens with one attached hydrogen (secondary N) is 2. The first-order valence-corrected chi connectivity index (χ1v) is 9.42. The van der Waals surface area contributed by atoms with Crippen LogP contribution in [0.2, 0.25) is 0 Å². The van der Waals surface area contributed by atoms with Crippen LogP contribution in [-0.2, 0) is 11.2 Å². The predicted octanol–water partition coefficient (Wildman–Crippen LogP) is 3.45. The van der Waals surface area contributed by atoms with E-state index in [0.717, 1.165) is 33.7 Å². The lowest BCUT2D eigenvalue weighted by atomic mass is 10.1. The van der Waals surface area contributed by atoms with Gasteiger partial charge in [0.25, 0.3) is 11.8 Å². The number of hydrogen-bond donors (Lipinski definition) is 2. The lowest BCUT2D eigenvalue weighted by Crippen LogP contribution is -2.25. The summed E-state index contributed by atoms with van der Waals surface area (Å²) in [6, 6.07) is 5.16. The molecule has 0 saturated carbocycles. The number of amides is 2. The van der Waals surface area contributed by atoms with Crippen molar-refractivity contribution in [3.63, 3.8) is 0 Å². The molecule has 0 atom stereocenters. The van der Waals surface area contributed by atoms with Crippen LogP contribution in [0.1, 0.15) is 33.7 Å². The molecule has 1 aliphatic rings. The SMILES string of the molecule is CCc1nc(C)c2c(C)c(C(=O)Nc3ccc4c(c3)NC(=O)CO4)sc2n1. The molecule has 8 heteroatoms. The Bertz CT molecular complexity index is 1090. The molecule has 2 aromatic heterocycles. The van der Waals surface area contributed by atoms with Gasteiger partial charge in [-0.05, 0) is 37.6 Å². The van der Waals surface area contributed by atoms with Gasteiger partial charge in [0.15, 0.2) is 6.61 Å². The van der Waals surface area contributed by atoms with Crippen molar-refractivity contribution in [2.75, 3.05) is 17.2 Å². The van der Waals surface area contributed by atoms with Gasteiger partial charge in [-0.15, -0.1) is 11.3 Å². The number of anilines is 2. The van der Waals surface area contributed by atoms with Gasteiger partial charge in [0, 0.05) is 23.2 Å². The Kier molecular flexibility index (Phi) is 4.27. The van der Waals surface area contributed by atoms with Gasteiger partial charge in [0.2, 0.25) is 0 Å². The standard InChI is InChI=1S/C19H18N4O3S/c1-4-14-20-10(3)16-9(2)17(27-19(16)23-14)18(25)21-11-5-6-13-12(7-11)22-15(24)8-26-13/h5-7H,4,8H2,1-3H3,(H,21,25)(H,22,24). The highest BCUT2D eigenvalue weighted by Gasteiger charge is 2.20. The molecule has 1 aromatic carbocycles. The molecule has 2 amide bonds. The molecule has 3 heterocycles. The maximum Gasteiger partial charge on any atom is 0.266 e. The van der Waals surface area contributed by atoms with Crippen LogP contribution in [-0.4, -0.2) is 28.4 Å². The third kappa shape index (κ3) is 3.12. The van der Waals surface area contributed by atoms with Crippen LogP contribution < -0.4 is 15.4 Å². The zero-order chi connectivity index (χ0) is 19.1. The number of carbonyl (C=O) groups is 2. The first-order chi connectivity index (χ1) is 13.0. The summed E-state index contributed by atoms with van der Waals surface area (Å²) in [5.41, 5.74) is 2.89. The highest BCUT2D eigenvalue weighted by molar-refractivity contribution is 7.20. The topological polar surface area (TPSA) is 93.2 Å². The maximum atomic E-state index is 12.8. The average Bonchev–Trinajstić information content (AvgIpc) is 2.98. The van der Waals surface area contributed by atoms with Crippen LogP contribution in [0.15, 0.2) is 18.2 Å². The average molecular weight is 382 g/mol. The number of carbonyl (C=O) groups excluding carboxylic acids is 2. The summed E-state index contributed by atoms with van der Waals surface area (Å²) in [5, 5.41) is 6.56. The Balaban J connectivity index is 1.65. The van der Waals surface area contributed by atoms with E-state index < -0.39 is 0 Å². The van der Waals surface area contributed by atoms with Crippen LogP contribution in [0.5, 0.6) is 5.75 Å². The maximum absolute atomic E-state index is 12.8. The van der Waals surface area contributed by atoms with Crippen molar-refractivity contribution in [1.29, 1.82) is 0 Å². The smallest absolute Gasteiger partial charge is 0.266 e. The molecule has 0 fully saturated rings. The number of thiophene rings is 1. The molecule has 0 radical (unpaired) electrons. The van der Waals surface area contributed by atoms with Crippen LogP contribution in [0.4, 0.5) is 11.4 Å². The third-order valence-electron chi connectivity index (χ3n) is 4.41. The fraction of sp³-hybridized carbons (Fsp3) is 0.263. The van der Waals surface area contributed by atoms with Gasteiger partial charge in [-0.25, -0.2) is 9.97 Å². The molecule has 0 unspecified atom stereocenters. The Labute approximate surface area is 159 Å². The largest absolute Gasteiger partial charge is 0.482 e. The summed E-state index contributed by atoms with van der Waals surface area (Å²) < 4.78 is 5.34. The number of aryl methyl sites for hydroxylation is 3. The highest BCUT2D eigenvalue weighted by atomic mass is 32.1. The normalized spacial score (nSPS) is 13.1. The number of aromatic nitrogens is 2. The van der Waals surface area contributed by atoms with E-state index in [1.807, 2.05) is 20.8 Å². The Morgan fingerprint density at radius 3 is 2.93 bits per heavy atom. The van der Waals surface area contributed by atoms with Crippen molar-refractivity contribution in [2.45, 2.75) is 27.2 Å². The van der Waals surface area contributed by atoms with Crippen LogP contribution in [0.25, 0.3) is 10.2 Å². The minimum atomic E-state index is -0.216. The minimum absolute atomic E-state index is 0.000179. The van der Waals surface area contributed by atoms with Crippen LogP contribution in [0, 0.1) is 13.8 Å². The van der Waals surface area contributed by atoms with E-state index in [0.29, 0.717) is 22.0 Å².